The molecule has 0 aliphatic heterocycles. The third-order valence-electron chi connectivity index (χ3n) is 2.83. The minimum absolute atomic E-state index is 0.0532. The number of aryl methyl sites for hydroxylation is 2. The van der Waals surface area contributed by atoms with Gasteiger partial charge in [0.2, 0.25) is 5.03 Å². The highest BCUT2D eigenvalue weighted by Crippen LogP contribution is 2.21. The van der Waals surface area contributed by atoms with Gasteiger partial charge in [-0.15, -0.1) is 11.3 Å². The fraction of sp³-hybridized carbons (Fsp3) is 0.364. The predicted molar refractivity (Wildman–Crippen MR) is 75.8 cm³/mol. The van der Waals surface area contributed by atoms with Crippen LogP contribution in [-0.2, 0) is 16.6 Å². The first-order valence-electron chi connectivity index (χ1n) is 5.89. The van der Waals surface area contributed by atoms with Gasteiger partial charge in [-0.3, -0.25) is 5.10 Å². The number of thiazole rings is 1. The highest BCUT2D eigenvalue weighted by atomic mass is 32.2. The van der Waals surface area contributed by atoms with Crippen molar-refractivity contribution in [1.82, 2.24) is 19.5 Å². The van der Waals surface area contributed by atoms with E-state index >= 15 is 0 Å². The van der Waals surface area contributed by atoms with Crippen LogP contribution in [0.4, 0.5) is 0 Å². The van der Waals surface area contributed by atoms with Crippen LogP contribution in [0, 0.1) is 13.8 Å². The number of aromatic carboxylic acids is 1. The number of sulfonamides is 1. The average molecular weight is 330 g/mol. The first kappa shape index (κ1) is 15.6. The molecule has 0 bridgehead atoms. The van der Waals surface area contributed by atoms with Crippen molar-refractivity contribution in [3.8, 4) is 0 Å². The lowest BCUT2D eigenvalue weighted by Gasteiger charge is -2.14. The number of hydrogen-bond donors (Lipinski definition) is 2. The van der Waals surface area contributed by atoms with Gasteiger partial charge in [-0.2, -0.15) is 9.40 Å². The first-order chi connectivity index (χ1) is 9.73. The minimum Gasteiger partial charge on any atom is -0.478 e. The lowest BCUT2D eigenvalue weighted by atomic mass is 10.3. The number of hydrogen-bond acceptors (Lipinski definition) is 6. The van der Waals surface area contributed by atoms with Gasteiger partial charge in [-0.05, 0) is 13.8 Å². The van der Waals surface area contributed by atoms with E-state index in [0.29, 0.717) is 5.69 Å². The molecule has 8 nitrogen and oxygen atoms in total. The van der Waals surface area contributed by atoms with E-state index in [1.54, 1.807) is 5.38 Å². The number of carboxylic acid groups (broad SMARTS) is 1. The molecule has 0 aromatic carbocycles. The Kier molecular flexibility index (Phi) is 4.12. The van der Waals surface area contributed by atoms with Crippen molar-refractivity contribution in [3.05, 3.63) is 27.3 Å². The van der Waals surface area contributed by atoms with E-state index in [0.717, 1.165) is 9.31 Å². The molecule has 21 heavy (non-hydrogen) atoms. The molecular weight excluding hydrogens is 316 g/mol. The molecule has 0 saturated heterocycles. The number of nitrogens with zero attached hydrogens (tertiary/aromatic N) is 3. The smallest absolute Gasteiger partial charge is 0.340 e. The van der Waals surface area contributed by atoms with E-state index in [9.17, 15) is 13.2 Å². The fourth-order valence-electron chi connectivity index (χ4n) is 1.79. The molecule has 114 valence electrons. The number of rotatable bonds is 5. The molecular formula is C11H14N4O4S2. The Hall–Kier alpha value is -1.78. The molecule has 0 aliphatic rings. The van der Waals surface area contributed by atoms with Gasteiger partial charge < -0.3 is 5.11 Å². The van der Waals surface area contributed by atoms with Crippen LogP contribution in [-0.4, -0.2) is 46.0 Å². The van der Waals surface area contributed by atoms with Crippen molar-refractivity contribution in [2.45, 2.75) is 25.4 Å². The van der Waals surface area contributed by atoms with E-state index in [1.165, 1.54) is 25.3 Å². The highest BCUT2D eigenvalue weighted by molar-refractivity contribution is 7.89. The second-order valence-electron chi connectivity index (χ2n) is 4.45. The standard InChI is InChI=1S/C11H14N4O4S2/c1-6-9(11(16)17)10(14-13-6)21(18,19)15(3)4-8-5-20-7(2)12-8/h5H,4H2,1-3H3,(H,13,14)(H,16,17). The molecule has 0 fully saturated rings. The van der Waals surface area contributed by atoms with Gasteiger partial charge in [0.25, 0.3) is 10.0 Å². The second kappa shape index (κ2) is 5.54. The molecule has 0 amide bonds. The van der Waals surface area contributed by atoms with E-state index < -0.39 is 21.0 Å². The Balaban J connectivity index is 2.35. The van der Waals surface area contributed by atoms with Crippen molar-refractivity contribution in [2.24, 2.45) is 0 Å². The third kappa shape index (κ3) is 2.96. The van der Waals surface area contributed by atoms with E-state index in [4.69, 9.17) is 5.11 Å². The molecule has 0 atom stereocenters. The minimum atomic E-state index is -4.01. The summed E-state index contributed by atoms with van der Waals surface area (Å²) in [6, 6.07) is 0. The summed E-state index contributed by atoms with van der Waals surface area (Å²) in [7, 11) is -2.65. The molecule has 10 heteroatoms. The van der Waals surface area contributed by atoms with Crippen LogP contribution in [0.2, 0.25) is 0 Å². The number of carboxylic acids is 1. The number of carbonyl (C=O) groups is 1. The maximum Gasteiger partial charge on any atom is 0.340 e. The molecule has 0 aliphatic carbocycles. The number of nitrogens with one attached hydrogen (secondary N) is 1. The number of aromatic amines is 1. The zero-order chi connectivity index (χ0) is 15.8. The van der Waals surface area contributed by atoms with E-state index in [2.05, 4.69) is 15.2 Å². The summed E-state index contributed by atoms with van der Waals surface area (Å²) >= 11 is 1.42. The van der Waals surface area contributed by atoms with Crippen LogP contribution in [0.3, 0.4) is 0 Å². The van der Waals surface area contributed by atoms with Crippen molar-refractivity contribution < 1.29 is 18.3 Å². The second-order valence-corrected chi connectivity index (χ2v) is 7.48. The van der Waals surface area contributed by atoms with Gasteiger partial charge in [0, 0.05) is 18.1 Å². The Morgan fingerprint density at radius 3 is 2.67 bits per heavy atom. The first-order valence-corrected chi connectivity index (χ1v) is 8.21. The summed E-state index contributed by atoms with van der Waals surface area (Å²) < 4.78 is 25.9. The van der Waals surface area contributed by atoms with Gasteiger partial charge in [0.05, 0.1) is 17.2 Å². The summed E-state index contributed by atoms with van der Waals surface area (Å²) in [5.74, 6) is -1.34. The lowest BCUT2D eigenvalue weighted by Crippen LogP contribution is -2.28. The summed E-state index contributed by atoms with van der Waals surface area (Å²) in [4.78, 5) is 15.4. The van der Waals surface area contributed by atoms with Gasteiger partial charge >= 0.3 is 5.97 Å². The normalized spacial score (nSPS) is 12.0. The van der Waals surface area contributed by atoms with Crippen LogP contribution < -0.4 is 0 Å². The predicted octanol–water partition coefficient (Wildman–Crippen LogP) is 1.00. The monoisotopic (exact) mass is 330 g/mol. The van der Waals surface area contributed by atoms with Crippen LogP contribution in [0.1, 0.15) is 26.8 Å². The maximum absolute atomic E-state index is 12.4. The molecule has 2 heterocycles. The van der Waals surface area contributed by atoms with Gasteiger partial charge in [0.15, 0.2) is 0 Å². The quantitative estimate of drug-likeness (QED) is 0.845. The third-order valence-corrected chi connectivity index (χ3v) is 5.39. The molecule has 2 aromatic heterocycles. The zero-order valence-corrected chi connectivity index (χ0v) is 13.2. The van der Waals surface area contributed by atoms with E-state index in [1.807, 2.05) is 6.92 Å². The van der Waals surface area contributed by atoms with Crippen molar-refractivity contribution >= 4 is 27.3 Å². The highest BCUT2D eigenvalue weighted by Gasteiger charge is 2.31. The molecule has 0 unspecified atom stereocenters. The molecule has 0 radical (unpaired) electrons. The molecule has 2 N–H and O–H groups in total. The molecule has 0 spiro atoms. The van der Waals surface area contributed by atoms with Crippen molar-refractivity contribution in [3.63, 3.8) is 0 Å². The molecule has 2 rings (SSSR count). The lowest BCUT2D eigenvalue weighted by molar-refractivity contribution is 0.0691. The van der Waals surface area contributed by atoms with Gasteiger partial charge in [0.1, 0.15) is 5.56 Å². The van der Waals surface area contributed by atoms with Crippen LogP contribution in [0.5, 0.6) is 0 Å². The Morgan fingerprint density at radius 1 is 1.48 bits per heavy atom. The Bertz CT molecular complexity index is 778. The van der Waals surface area contributed by atoms with Gasteiger partial charge in [-0.25, -0.2) is 18.2 Å². The van der Waals surface area contributed by atoms with Crippen molar-refractivity contribution in [2.75, 3.05) is 7.05 Å². The van der Waals surface area contributed by atoms with Crippen LogP contribution in [0.15, 0.2) is 10.4 Å². The SMILES string of the molecule is Cc1nc(CN(C)S(=O)(=O)c2n[nH]c(C)c2C(=O)O)cs1. The van der Waals surface area contributed by atoms with Gasteiger partial charge in [-0.1, -0.05) is 0 Å². The van der Waals surface area contributed by atoms with Crippen molar-refractivity contribution in [1.29, 1.82) is 0 Å². The maximum atomic E-state index is 12.4. The summed E-state index contributed by atoms with van der Waals surface area (Å²) in [5.41, 5.74) is 0.461. The largest absolute Gasteiger partial charge is 0.478 e. The topological polar surface area (TPSA) is 116 Å². The van der Waals surface area contributed by atoms with Crippen LogP contribution >= 0.6 is 11.3 Å². The Morgan fingerprint density at radius 2 is 2.14 bits per heavy atom. The molecule has 2 aromatic rings. The number of H-pyrrole nitrogens is 1. The van der Waals surface area contributed by atoms with Crippen LogP contribution in [0.25, 0.3) is 0 Å². The summed E-state index contributed by atoms with van der Waals surface area (Å²) in [6.45, 7) is 3.33. The zero-order valence-electron chi connectivity index (χ0n) is 11.6. The number of aromatic nitrogens is 3. The van der Waals surface area contributed by atoms with E-state index in [-0.39, 0.29) is 17.8 Å². The summed E-state index contributed by atoms with van der Waals surface area (Å²) in [5, 5.41) is 17.2. The molecule has 0 saturated carbocycles. The summed E-state index contributed by atoms with van der Waals surface area (Å²) in [6.07, 6.45) is 0. The average Bonchev–Trinajstić information content (AvgIpc) is 2.95. The Labute approximate surface area is 125 Å². The fourth-order valence-corrected chi connectivity index (χ4v) is 3.65.